The van der Waals surface area contributed by atoms with Crippen molar-refractivity contribution < 1.29 is 9.50 Å². The summed E-state index contributed by atoms with van der Waals surface area (Å²) in [4.78, 5) is 0. The van der Waals surface area contributed by atoms with Gasteiger partial charge in [-0.05, 0) is 18.5 Å². The van der Waals surface area contributed by atoms with E-state index in [1.54, 1.807) is 0 Å². The largest absolute Gasteiger partial charge is 0.275 e. The van der Waals surface area contributed by atoms with Crippen LogP contribution in [-0.4, -0.2) is 6.17 Å². The zero-order chi connectivity index (χ0) is 6.73. The molecule has 1 unspecified atom stereocenters. The number of hydrogen-bond acceptors (Lipinski definition) is 0. The molecule has 0 aliphatic heterocycles. The van der Waals surface area contributed by atoms with Gasteiger partial charge in [0.1, 0.15) is 11.2 Å². The Hall–Kier alpha value is 0.0500. The third-order valence-electron chi connectivity index (χ3n) is 0.537. The first kappa shape index (κ1) is 8.05. The van der Waals surface area contributed by atoms with Crippen molar-refractivity contribution in [1.82, 2.24) is 0 Å². The zero-order valence-electron chi connectivity index (χ0n) is 4.12. The molecule has 0 fully saturated rings. The Morgan fingerprint density at radius 3 is 2.00 bits per heavy atom. The average Bonchev–Trinajstić information content (AvgIpc) is 1.64. The normalized spacial score (nSPS) is 17.5. The van der Waals surface area contributed by atoms with Crippen molar-refractivity contribution in [2.75, 3.05) is 0 Å². The van der Waals surface area contributed by atoms with Crippen LogP contribution >= 0.6 is 23.2 Å². The van der Waals surface area contributed by atoms with E-state index in [0.717, 1.165) is 6.92 Å². The highest BCUT2D eigenvalue weighted by Crippen LogP contribution is 2.17. The molecule has 47 valence electrons. The van der Waals surface area contributed by atoms with E-state index in [1.807, 2.05) is 0 Å². The Morgan fingerprint density at radius 1 is 1.62 bits per heavy atom. The van der Waals surface area contributed by atoms with Crippen LogP contribution in [0.2, 0.25) is 0 Å². The van der Waals surface area contributed by atoms with Crippen molar-refractivity contribution in [1.29, 1.82) is 0 Å². The van der Waals surface area contributed by atoms with Gasteiger partial charge in [0.2, 0.25) is 0 Å². The SMILES string of the molecule is CC(F)/C(Cl)=C(/[O])Cl. The molecule has 0 aromatic rings. The van der Waals surface area contributed by atoms with Crippen LogP contribution in [-0.2, 0) is 5.11 Å². The molecule has 0 heterocycles. The van der Waals surface area contributed by atoms with Crippen molar-refractivity contribution in [3.05, 3.63) is 10.3 Å². The van der Waals surface area contributed by atoms with Crippen molar-refractivity contribution in [3.8, 4) is 0 Å². The lowest BCUT2D eigenvalue weighted by Crippen LogP contribution is -1.92. The van der Waals surface area contributed by atoms with E-state index in [-0.39, 0.29) is 0 Å². The van der Waals surface area contributed by atoms with E-state index in [4.69, 9.17) is 23.2 Å². The molecular formula is C4H4Cl2FO. The Labute approximate surface area is 56.7 Å². The predicted octanol–water partition coefficient (Wildman–Crippen LogP) is 2.42. The molecule has 0 spiro atoms. The fourth-order valence-electron chi connectivity index (χ4n) is 0.156. The Balaban J connectivity index is 4.00. The number of allylic oxidation sites excluding steroid dienone is 1. The highest BCUT2D eigenvalue weighted by atomic mass is 35.5. The molecule has 0 N–H and O–H groups in total. The molecule has 1 radical (unpaired) electrons. The third kappa shape index (κ3) is 2.38. The van der Waals surface area contributed by atoms with Gasteiger partial charge in [0.15, 0.2) is 0 Å². The Bertz CT molecular complexity index is 107. The van der Waals surface area contributed by atoms with E-state index in [1.165, 1.54) is 0 Å². The summed E-state index contributed by atoms with van der Waals surface area (Å²) in [6.45, 7) is 1.14. The molecule has 0 aromatic heterocycles. The van der Waals surface area contributed by atoms with Crippen LogP contribution in [0.15, 0.2) is 10.3 Å². The van der Waals surface area contributed by atoms with Crippen molar-refractivity contribution in [2.45, 2.75) is 13.1 Å². The number of halogens is 3. The van der Waals surface area contributed by atoms with Gasteiger partial charge in [0.25, 0.3) is 5.22 Å². The minimum absolute atomic E-state index is 0.466. The van der Waals surface area contributed by atoms with Crippen LogP contribution < -0.4 is 0 Å². The van der Waals surface area contributed by atoms with E-state index in [0.29, 0.717) is 0 Å². The fourth-order valence-corrected chi connectivity index (χ4v) is 0.307. The second-order valence-corrected chi connectivity index (χ2v) is 1.99. The van der Waals surface area contributed by atoms with Gasteiger partial charge in [-0.1, -0.05) is 11.6 Å². The number of rotatable bonds is 1. The van der Waals surface area contributed by atoms with Crippen molar-refractivity contribution >= 4 is 23.2 Å². The summed E-state index contributed by atoms with van der Waals surface area (Å²) in [6, 6.07) is 0. The molecule has 4 heteroatoms. The van der Waals surface area contributed by atoms with E-state index in [2.05, 4.69) is 0 Å². The summed E-state index contributed by atoms with van der Waals surface area (Å²) in [5.41, 5.74) is 0. The van der Waals surface area contributed by atoms with Crippen LogP contribution in [0, 0.1) is 0 Å². The first-order valence-electron chi connectivity index (χ1n) is 1.92. The van der Waals surface area contributed by atoms with Gasteiger partial charge in [-0.3, -0.25) is 5.11 Å². The fraction of sp³-hybridized carbons (Fsp3) is 0.500. The van der Waals surface area contributed by atoms with E-state index < -0.39 is 16.4 Å². The molecule has 1 nitrogen and oxygen atoms in total. The topological polar surface area (TPSA) is 19.9 Å². The first-order chi connectivity index (χ1) is 3.55. The van der Waals surface area contributed by atoms with Crippen LogP contribution in [0.5, 0.6) is 0 Å². The van der Waals surface area contributed by atoms with Crippen molar-refractivity contribution in [3.63, 3.8) is 0 Å². The second kappa shape index (κ2) is 3.15. The Morgan fingerprint density at radius 2 is 2.00 bits per heavy atom. The molecule has 0 amide bonds. The van der Waals surface area contributed by atoms with Gasteiger partial charge in [0.05, 0.1) is 0 Å². The minimum Gasteiger partial charge on any atom is -0.275 e. The summed E-state index contributed by atoms with van der Waals surface area (Å²) < 4.78 is 11.9. The van der Waals surface area contributed by atoms with E-state index in [9.17, 15) is 9.50 Å². The lowest BCUT2D eigenvalue weighted by atomic mass is 10.4. The van der Waals surface area contributed by atoms with Crippen molar-refractivity contribution in [2.24, 2.45) is 0 Å². The highest BCUT2D eigenvalue weighted by Gasteiger charge is 2.08. The summed E-state index contributed by atoms with van der Waals surface area (Å²) in [5, 5.41) is 8.55. The third-order valence-corrected chi connectivity index (χ3v) is 1.31. The Kier molecular flexibility index (Phi) is 3.17. The molecule has 0 rings (SSSR count). The predicted molar refractivity (Wildman–Crippen MR) is 30.0 cm³/mol. The summed E-state index contributed by atoms with van der Waals surface area (Å²) >= 11 is 9.79. The monoisotopic (exact) mass is 157 g/mol. The number of alkyl halides is 1. The van der Waals surface area contributed by atoms with Crippen LogP contribution in [0.25, 0.3) is 0 Å². The standard InChI is InChI=1S/C4H4Cl2FO/c1-2(7)3(5)4(6)8/h2H,1H3/b4-3-. The van der Waals surface area contributed by atoms with Gasteiger partial charge < -0.3 is 0 Å². The first-order valence-corrected chi connectivity index (χ1v) is 2.67. The smallest absolute Gasteiger partial charge is 0.262 e. The maximum absolute atomic E-state index is 11.9. The second-order valence-electron chi connectivity index (χ2n) is 1.24. The lowest BCUT2D eigenvalue weighted by molar-refractivity contribution is 0.317. The van der Waals surface area contributed by atoms with Gasteiger partial charge in [-0.15, -0.1) is 0 Å². The van der Waals surface area contributed by atoms with Crippen LogP contribution in [0.3, 0.4) is 0 Å². The zero-order valence-corrected chi connectivity index (χ0v) is 5.63. The highest BCUT2D eigenvalue weighted by molar-refractivity contribution is 6.38. The maximum atomic E-state index is 11.9. The summed E-state index contributed by atoms with van der Waals surface area (Å²) in [6.07, 6.45) is -1.46. The summed E-state index contributed by atoms with van der Waals surface area (Å²) in [7, 11) is 0. The van der Waals surface area contributed by atoms with Gasteiger partial charge in [0, 0.05) is 0 Å². The van der Waals surface area contributed by atoms with E-state index >= 15 is 0 Å². The van der Waals surface area contributed by atoms with Crippen LogP contribution in [0.4, 0.5) is 4.39 Å². The van der Waals surface area contributed by atoms with Crippen LogP contribution in [0.1, 0.15) is 6.92 Å². The molecule has 0 bridgehead atoms. The molecule has 0 saturated heterocycles. The lowest BCUT2D eigenvalue weighted by Gasteiger charge is -1.94. The van der Waals surface area contributed by atoms with Gasteiger partial charge in [-0.2, -0.15) is 0 Å². The quantitative estimate of drug-likeness (QED) is 0.522. The molecule has 1 atom stereocenters. The average molecular weight is 158 g/mol. The number of hydrogen-bond donors (Lipinski definition) is 0. The molecule has 8 heavy (non-hydrogen) atoms. The minimum atomic E-state index is -1.46. The van der Waals surface area contributed by atoms with Gasteiger partial charge >= 0.3 is 0 Å². The molecule has 0 aliphatic carbocycles. The maximum Gasteiger partial charge on any atom is 0.262 e. The van der Waals surface area contributed by atoms with Gasteiger partial charge in [-0.25, -0.2) is 4.39 Å². The molecule has 0 saturated carbocycles. The summed E-state index contributed by atoms with van der Waals surface area (Å²) in [5.74, 6) is 0. The molecule has 0 aliphatic rings. The molecule has 0 aromatic carbocycles. The molecular weight excluding hydrogens is 154 g/mol.